The van der Waals surface area contributed by atoms with E-state index in [4.69, 9.17) is 23.9 Å². The van der Waals surface area contributed by atoms with Gasteiger partial charge >= 0.3 is 0 Å². The van der Waals surface area contributed by atoms with Crippen molar-refractivity contribution in [1.29, 1.82) is 0 Å². The van der Waals surface area contributed by atoms with Crippen molar-refractivity contribution in [2.45, 2.75) is 0 Å². The van der Waals surface area contributed by atoms with Crippen LogP contribution in [-0.4, -0.2) is 97.1 Å². The molecule has 2 aromatic rings. The number of nitrogen functional groups attached to an aromatic ring is 1. The van der Waals surface area contributed by atoms with Crippen LogP contribution in [0, 0.1) is 0 Å². The average Bonchev–Trinajstić information content (AvgIpc) is 2.89. The van der Waals surface area contributed by atoms with Crippen LogP contribution in [-0.2, 0) is 0 Å². The number of nitrogens with zero attached hydrogens (tertiary/aromatic N) is 6. The van der Waals surface area contributed by atoms with E-state index in [0.29, 0.717) is 16.4 Å². The van der Waals surface area contributed by atoms with Crippen molar-refractivity contribution >= 4 is 34.5 Å². The normalized spacial score (nSPS) is 16.9. The molecule has 0 unspecified atom stereocenters. The van der Waals surface area contributed by atoms with E-state index in [-0.39, 0.29) is 5.91 Å². The Balaban J connectivity index is 0.000000191. The Morgan fingerprint density at radius 3 is 1.56 bits per heavy atom. The number of hydrogen-bond donors (Lipinski definition) is 4. The molecule has 6 N–H and O–H groups in total. The van der Waals surface area contributed by atoms with Crippen LogP contribution in [0.2, 0.25) is 0 Å². The molecule has 0 atom stereocenters. The van der Waals surface area contributed by atoms with Gasteiger partial charge in [-0.25, -0.2) is 16.7 Å². The fraction of sp³-hybridized carbons (Fsp3) is 0.455. The summed E-state index contributed by atoms with van der Waals surface area (Å²) in [6, 6.07) is 7.53. The lowest BCUT2D eigenvalue weighted by atomic mass is 10.2. The van der Waals surface area contributed by atoms with Gasteiger partial charge in [0.25, 0.3) is 5.91 Å². The number of carbonyl (C=O) groups excluding carboxylic acids is 1. The van der Waals surface area contributed by atoms with Crippen molar-refractivity contribution in [2.24, 2.45) is 11.7 Å². The molecule has 12 heteroatoms. The number of thiocarbonyl (C=S) groups is 1. The number of amides is 1. The molecule has 0 aliphatic carbocycles. The molecule has 0 spiro atoms. The first-order valence-corrected chi connectivity index (χ1v) is 11.6. The third kappa shape index (κ3) is 7.05. The molecule has 0 saturated carbocycles. The van der Waals surface area contributed by atoms with Crippen LogP contribution < -0.4 is 32.3 Å². The van der Waals surface area contributed by atoms with Gasteiger partial charge in [-0.05, 0) is 38.4 Å². The molecule has 184 valence electrons. The first kappa shape index (κ1) is 25.7. The van der Waals surface area contributed by atoms with Crippen LogP contribution in [0.25, 0.3) is 0 Å². The number of likely N-dealkylation sites (N-methyl/N-ethyl adjacent to an activating group) is 2. The molecular weight excluding hydrogens is 452 g/mol. The van der Waals surface area contributed by atoms with Crippen molar-refractivity contribution < 1.29 is 4.79 Å². The molecule has 2 fully saturated rings. The minimum atomic E-state index is -0.366. The van der Waals surface area contributed by atoms with E-state index >= 15 is 0 Å². The van der Waals surface area contributed by atoms with Crippen LogP contribution in [0.1, 0.15) is 16.2 Å². The number of carbonyl (C=O) groups is 1. The van der Waals surface area contributed by atoms with Crippen molar-refractivity contribution in [3.05, 3.63) is 48.0 Å². The van der Waals surface area contributed by atoms with Crippen molar-refractivity contribution in [3.63, 3.8) is 0 Å². The maximum Gasteiger partial charge on any atom is 0.283 e. The van der Waals surface area contributed by atoms with E-state index in [1.54, 1.807) is 12.3 Å². The highest BCUT2D eigenvalue weighted by Crippen LogP contribution is 2.16. The van der Waals surface area contributed by atoms with Gasteiger partial charge in [-0.2, -0.15) is 0 Å². The maximum absolute atomic E-state index is 11.2. The van der Waals surface area contributed by atoms with E-state index in [2.05, 4.69) is 54.5 Å². The van der Waals surface area contributed by atoms with Gasteiger partial charge in [0, 0.05) is 52.4 Å². The zero-order chi connectivity index (χ0) is 24.5. The number of anilines is 2. The summed E-state index contributed by atoms with van der Waals surface area (Å²) in [5, 5.41) is 0. The van der Waals surface area contributed by atoms with E-state index < -0.39 is 0 Å². The van der Waals surface area contributed by atoms with E-state index in [0.717, 1.165) is 63.7 Å². The number of pyridine rings is 2. The van der Waals surface area contributed by atoms with Gasteiger partial charge < -0.3 is 25.0 Å². The van der Waals surface area contributed by atoms with Gasteiger partial charge in [0.2, 0.25) is 0 Å². The summed E-state index contributed by atoms with van der Waals surface area (Å²) < 4.78 is 0. The summed E-state index contributed by atoms with van der Waals surface area (Å²) in [7, 11) is 4.26. The molecule has 0 aromatic carbocycles. The molecule has 34 heavy (non-hydrogen) atoms. The van der Waals surface area contributed by atoms with Gasteiger partial charge in [-0.3, -0.25) is 15.2 Å². The van der Waals surface area contributed by atoms with Gasteiger partial charge in [0.05, 0.1) is 29.5 Å². The molecule has 4 heterocycles. The molecule has 0 bridgehead atoms. The average molecular weight is 487 g/mol. The molecule has 0 radical (unpaired) electrons. The Labute approximate surface area is 206 Å². The Bertz CT molecular complexity index is 846. The highest BCUT2D eigenvalue weighted by atomic mass is 32.1. The summed E-state index contributed by atoms with van der Waals surface area (Å²) in [6.45, 7) is 8.32. The van der Waals surface area contributed by atoms with Crippen molar-refractivity contribution in [3.8, 4) is 0 Å². The lowest BCUT2D eigenvalue weighted by molar-refractivity contribution is 0.0948. The summed E-state index contributed by atoms with van der Waals surface area (Å²) in [5.41, 5.74) is 7.73. The minimum absolute atomic E-state index is 0.338. The van der Waals surface area contributed by atoms with Crippen LogP contribution in [0.3, 0.4) is 0 Å². The molecule has 2 saturated heterocycles. The Morgan fingerprint density at radius 2 is 1.21 bits per heavy atom. The molecular formula is C22H34N10OS. The van der Waals surface area contributed by atoms with Crippen LogP contribution in [0.4, 0.5) is 11.4 Å². The molecule has 1 amide bonds. The highest BCUT2D eigenvalue weighted by molar-refractivity contribution is 7.80. The van der Waals surface area contributed by atoms with E-state index in [9.17, 15) is 4.79 Å². The quantitative estimate of drug-likeness (QED) is 0.191. The Kier molecular flexibility index (Phi) is 9.48. The third-order valence-corrected chi connectivity index (χ3v) is 6.29. The van der Waals surface area contributed by atoms with E-state index in [1.165, 1.54) is 0 Å². The molecule has 2 aromatic heterocycles. The third-order valence-electron chi connectivity index (χ3n) is 5.96. The van der Waals surface area contributed by atoms with Crippen LogP contribution >= 0.6 is 12.2 Å². The second kappa shape index (κ2) is 12.5. The Hall–Kier alpha value is -2.90. The van der Waals surface area contributed by atoms with Gasteiger partial charge in [-0.15, -0.1) is 0 Å². The monoisotopic (exact) mass is 486 g/mol. The summed E-state index contributed by atoms with van der Waals surface area (Å²) in [4.78, 5) is 29.3. The maximum atomic E-state index is 11.2. The molecule has 2 aliphatic rings. The number of nitrogens with two attached hydrogens (primary N) is 2. The smallest absolute Gasteiger partial charge is 0.283 e. The Morgan fingerprint density at radius 1 is 0.765 bits per heavy atom. The minimum Gasteiger partial charge on any atom is -0.368 e. The van der Waals surface area contributed by atoms with Crippen LogP contribution in [0.5, 0.6) is 0 Å². The molecule has 11 nitrogen and oxygen atoms in total. The van der Waals surface area contributed by atoms with Gasteiger partial charge in [0.15, 0.2) is 0 Å². The zero-order valence-corrected chi connectivity index (χ0v) is 20.6. The predicted octanol–water partition coefficient (Wildman–Crippen LogP) is -0.591. The number of hydrogen-bond acceptors (Lipinski definition) is 10. The first-order chi connectivity index (χ1) is 16.4. The van der Waals surface area contributed by atoms with E-state index in [1.807, 2.05) is 24.4 Å². The number of nitrogens with one attached hydrogen (secondary N) is 2. The predicted molar refractivity (Wildman–Crippen MR) is 139 cm³/mol. The van der Waals surface area contributed by atoms with Gasteiger partial charge in [-0.1, -0.05) is 12.2 Å². The number of aromatic nitrogens is 2. The summed E-state index contributed by atoms with van der Waals surface area (Å²) in [6.07, 6.45) is 3.57. The second-order valence-corrected chi connectivity index (χ2v) is 8.74. The zero-order valence-electron chi connectivity index (χ0n) is 19.8. The summed E-state index contributed by atoms with van der Waals surface area (Å²) in [5.74, 6) is 9.93. The van der Waals surface area contributed by atoms with Crippen molar-refractivity contribution in [2.75, 3.05) is 76.3 Å². The highest BCUT2D eigenvalue weighted by Gasteiger charge is 2.16. The number of rotatable bonds is 4. The SMILES string of the molecule is CN1CCN(c2ccc(C(=O)NN)nc2)CC1.CN1CCN(c2ccc(C(=S)NN)nc2)CC1. The van der Waals surface area contributed by atoms with Crippen LogP contribution in [0.15, 0.2) is 36.7 Å². The largest absolute Gasteiger partial charge is 0.368 e. The second-order valence-electron chi connectivity index (χ2n) is 8.33. The lowest BCUT2D eigenvalue weighted by Gasteiger charge is -2.33. The lowest BCUT2D eigenvalue weighted by Crippen LogP contribution is -2.44. The van der Waals surface area contributed by atoms with Crippen molar-refractivity contribution in [1.82, 2.24) is 30.6 Å². The number of piperazine rings is 2. The fourth-order valence-electron chi connectivity index (χ4n) is 3.69. The molecule has 4 rings (SSSR count). The van der Waals surface area contributed by atoms with Gasteiger partial charge in [0.1, 0.15) is 10.7 Å². The first-order valence-electron chi connectivity index (χ1n) is 11.2. The number of hydrazine groups is 2. The standard InChI is InChI=1S/C11H17N5O.C11H17N5S/c2*1-15-4-6-16(7-5-15)9-2-3-10(13-8-9)11(17)14-12/h2*2-3,8H,4-7,12H2,1H3,(H,14,17). The topological polar surface area (TPSA) is 132 Å². The molecule has 2 aliphatic heterocycles. The summed E-state index contributed by atoms with van der Waals surface area (Å²) >= 11 is 5.02. The fourth-order valence-corrected chi connectivity index (χ4v) is 3.81.